The molecule has 2 rings (SSSR count). The minimum absolute atomic E-state index is 0.143. The Kier molecular flexibility index (Phi) is 4.91. The first-order valence-electron chi connectivity index (χ1n) is 6.43. The zero-order valence-electron chi connectivity index (χ0n) is 11.5. The molecular weight excluding hydrogens is 362 g/mol. The molecule has 7 heteroatoms. The molecule has 1 aromatic rings. The molecule has 2 atom stereocenters. The molecular formula is C14H15BrClNO4. The molecule has 2 unspecified atom stereocenters. The molecule has 1 aromatic carbocycles. The molecule has 0 bridgehead atoms. The summed E-state index contributed by atoms with van der Waals surface area (Å²) in [6, 6.07) is 4.21. The maximum absolute atomic E-state index is 12.1. The van der Waals surface area contributed by atoms with Crippen LogP contribution in [0.1, 0.15) is 25.5 Å². The molecule has 0 saturated carbocycles. The zero-order chi connectivity index (χ0) is 15.7. The Morgan fingerprint density at radius 2 is 2.19 bits per heavy atom. The SMILES string of the molecule is CC(C)N1C(=O)COC(C(=O)O)C1c1ccc(Cl)cc1Br. The van der Waals surface area contributed by atoms with E-state index < -0.39 is 18.1 Å². The van der Waals surface area contributed by atoms with Crippen molar-refractivity contribution >= 4 is 39.4 Å². The van der Waals surface area contributed by atoms with Crippen molar-refractivity contribution in [3.63, 3.8) is 0 Å². The molecule has 5 nitrogen and oxygen atoms in total. The predicted octanol–water partition coefficient (Wildman–Crippen LogP) is 2.86. The van der Waals surface area contributed by atoms with Gasteiger partial charge in [0, 0.05) is 15.5 Å². The second-order valence-corrected chi connectivity index (χ2v) is 6.37. The topological polar surface area (TPSA) is 66.8 Å². The number of halogens is 2. The van der Waals surface area contributed by atoms with Gasteiger partial charge in [-0.15, -0.1) is 0 Å². The summed E-state index contributed by atoms with van der Waals surface area (Å²) in [6.07, 6.45) is -1.11. The van der Waals surface area contributed by atoms with Gasteiger partial charge in [-0.25, -0.2) is 4.79 Å². The van der Waals surface area contributed by atoms with Gasteiger partial charge in [-0.1, -0.05) is 33.6 Å². The van der Waals surface area contributed by atoms with Crippen LogP contribution in [-0.4, -0.2) is 40.6 Å². The Morgan fingerprint density at radius 1 is 1.52 bits per heavy atom. The second kappa shape index (κ2) is 6.34. The number of hydrogen-bond donors (Lipinski definition) is 1. The predicted molar refractivity (Wildman–Crippen MR) is 81.3 cm³/mol. The Balaban J connectivity index is 2.54. The number of hydrogen-bond acceptors (Lipinski definition) is 3. The highest BCUT2D eigenvalue weighted by molar-refractivity contribution is 9.10. The van der Waals surface area contributed by atoms with Gasteiger partial charge >= 0.3 is 5.97 Å². The lowest BCUT2D eigenvalue weighted by Gasteiger charge is -2.42. The van der Waals surface area contributed by atoms with Crippen molar-refractivity contribution in [2.45, 2.75) is 32.0 Å². The van der Waals surface area contributed by atoms with Crippen molar-refractivity contribution < 1.29 is 19.4 Å². The lowest BCUT2D eigenvalue weighted by molar-refractivity contribution is -0.175. The van der Waals surface area contributed by atoms with Crippen molar-refractivity contribution in [1.29, 1.82) is 0 Å². The summed E-state index contributed by atoms with van der Waals surface area (Å²) < 4.78 is 5.89. The number of ether oxygens (including phenoxy) is 1. The lowest BCUT2D eigenvalue weighted by atomic mass is 9.96. The summed E-state index contributed by atoms with van der Waals surface area (Å²) in [5.74, 6) is -1.32. The Labute approximate surface area is 136 Å². The number of nitrogens with zero attached hydrogens (tertiary/aromatic N) is 1. The van der Waals surface area contributed by atoms with Gasteiger partial charge < -0.3 is 14.7 Å². The van der Waals surface area contributed by atoms with Crippen molar-refractivity contribution in [1.82, 2.24) is 4.90 Å². The third-order valence-corrected chi connectivity index (χ3v) is 4.26. The largest absolute Gasteiger partial charge is 0.479 e. The molecule has 0 radical (unpaired) electrons. The number of carboxylic acids is 1. The van der Waals surface area contributed by atoms with Gasteiger partial charge in [0.25, 0.3) is 0 Å². The van der Waals surface area contributed by atoms with E-state index >= 15 is 0 Å². The van der Waals surface area contributed by atoms with Gasteiger partial charge in [0.1, 0.15) is 6.61 Å². The van der Waals surface area contributed by atoms with Crippen LogP contribution in [0.3, 0.4) is 0 Å². The van der Waals surface area contributed by atoms with E-state index in [1.165, 1.54) is 0 Å². The minimum atomic E-state index is -1.11. The smallest absolute Gasteiger partial charge is 0.335 e. The summed E-state index contributed by atoms with van der Waals surface area (Å²) in [4.78, 5) is 25.2. The van der Waals surface area contributed by atoms with Crippen molar-refractivity contribution in [3.05, 3.63) is 33.3 Å². The van der Waals surface area contributed by atoms with Crippen LogP contribution in [0.5, 0.6) is 0 Å². The van der Waals surface area contributed by atoms with Crippen LogP contribution in [0.25, 0.3) is 0 Å². The highest BCUT2D eigenvalue weighted by Crippen LogP contribution is 2.37. The normalized spacial score (nSPS) is 22.7. The maximum Gasteiger partial charge on any atom is 0.335 e. The summed E-state index contributed by atoms with van der Waals surface area (Å²) in [5.41, 5.74) is 0.661. The number of benzene rings is 1. The lowest BCUT2D eigenvalue weighted by Crippen LogP contribution is -2.54. The van der Waals surface area contributed by atoms with E-state index in [4.69, 9.17) is 16.3 Å². The fourth-order valence-electron chi connectivity index (χ4n) is 2.50. The van der Waals surface area contributed by atoms with Crippen LogP contribution in [0, 0.1) is 0 Å². The quantitative estimate of drug-likeness (QED) is 0.881. The molecule has 1 aliphatic heterocycles. The maximum atomic E-state index is 12.1. The van der Waals surface area contributed by atoms with Gasteiger partial charge in [0.05, 0.1) is 6.04 Å². The van der Waals surface area contributed by atoms with E-state index in [1.54, 1.807) is 23.1 Å². The van der Waals surface area contributed by atoms with Gasteiger partial charge in [0.15, 0.2) is 6.10 Å². The van der Waals surface area contributed by atoms with E-state index in [0.717, 1.165) is 0 Å². The second-order valence-electron chi connectivity index (χ2n) is 5.08. The van der Waals surface area contributed by atoms with E-state index in [2.05, 4.69) is 15.9 Å². The molecule has 1 saturated heterocycles. The number of carbonyl (C=O) groups excluding carboxylic acids is 1. The van der Waals surface area contributed by atoms with Crippen LogP contribution >= 0.6 is 27.5 Å². The van der Waals surface area contributed by atoms with Gasteiger partial charge in [0.2, 0.25) is 5.91 Å². The first kappa shape index (κ1) is 16.3. The molecule has 1 amide bonds. The molecule has 1 aliphatic rings. The van der Waals surface area contributed by atoms with Crippen LogP contribution in [0.4, 0.5) is 0 Å². The molecule has 0 aliphatic carbocycles. The number of rotatable bonds is 3. The Morgan fingerprint density at radius 3 is 2.71 bits per heavy atom. The first-order valence-corrected chi connectivity index (χ1v) is 7.60. The van der Waals surface area contributed by atoms with Crippen LogP contribution in [-0.2, 0) is 14.3 Å². The number of carboxylic acid groups (broad SMARTS) is 1. The standard InChI is InChI=1S/C14H15BrClNO4/c1-7(2)17-11(18)6-21-13(14(19)20)12(17)9-4-3-8(16)5-10(9)15/h3-5,7,12-13H,6H2,1-2H3,(H,19,20). The summed E-state index contributed by atoms with van der Waals surface area (Å²) in [7, 11) is 0. The van der Waals surface area contributed by atoms with Gasteiger partial charge in [-0.05, 0) is 31.5 Å². The van der Waals surface area contributed by atoms with E-state index in [9.17, 15) is 14.7 Å². The fourth-order valence-corrected chi connectivity index (χ4v) is 3.41. The minimum Gasteiger partial charge on any atom is -0.479 e. The fraction of sp³-hybridized carbons (Fsp3) is 0.429. The van der Waals surface area contributed by atoms with Gasteiger partial charge in [-0.2, -0.15) is 0 Å². The highest BCUT2D eigenvalue weighted by atomic mass is 79.9. The number of carbonyl (C=O) groups is 2. The number of aliphatic carboxylic acids is 1. The summed E-state index contributed by atoms with van der Waals surface area (Å²) in [5, 5.41) is 9.92. The van der Waals surface area contributed by atoms with Crippen LogP contribution in [0.2, 0.25) is 5.02 Å². The molecule has 0 spiro atoms. The molecule has 1 heterocycles. The molecule has 0 aromatic heterocycles. The first-order chi connectivity index (χ1) is 9.82. The number of amides is 1. The number of morpholine rings is 1. The monoisotopic (exact) mass is 375 g/mol. The molecule has 1 N–H and O–H groups in total. The highest BCUT2D eigenvalue weighted by Gasteiger charge is 2.43. The van der Waals surface area contributed by atoms with Crippen molar-refractivity contribution in [2.24, 2.45) is 0 Å². The molecule has 114 valence electrons. The van der Waals surface area contributed by atoms with E-state index in [-0.39, 0.29) is 18.6 Å². The van der Waals surface area contributed by atoms with Gasteiger partial charge in [-0.3, -0.25) is 4.79 Å². The third-order valence-electron chi connectivity index (χ3n) is 3.34. The zero-order valence-corrected chi connectivity index (χ0v) is 13.9. The summed E-state index contributed by atoms with van der Waals surface area (Å²) in [6.45, 7) is 3.47. The van der Waals surface area contributed by atoms with E-state index in [1.807, 2.05) is 13.8 Å². The average Bonchev–Trinajstić information content (AvgIpc) is 2.37. The van der Waals surface area contributed by atoms with Crippen molar-refractivity contribution in [3.8, 4) is 0 Å². The molecule has 1 fully saturated rings. The summed E-state index contributed by atoms with van der Waals surface area (Å²) >= 11 is 9.31. The van der Waals surface area contributed by atoms with Crippen molar-refractivity contribution in [2.75, 3.05) is 6.61 Å². The molecule has 21 heavy (non-hydrogen) atoms. The Bertz CT molecular complexity index is 578. The average molecular weight is 377 g/mol. The van der Waals surface area contributed by atoms with Crippen LogP contribution < -0.4 is 0 Å². The Hall–Kier alpha value is -1.11. The van der Waals surface area contributed by atoms with E-state index in [0.29, 0.717) is 15.1 Å². The third kappa shape index (κ3) is 3.22. The van der Waals surface area contributed by atoms with Crippen LogP contribution in [0.15, 0.2) is 22.7 Å².